The first kappa shape index (κ1) is 13.3. The maximum absolute atomic E-state index is 6.03. The van der Waals surface area contributed by atoms with E-state index in [9.17, 15) is 0 Å². The summed E-state index contributed by atoms with van der Waals surface area (Å²) in [5, 5.41) is 0. The van der Waals surface area contributed by atoms with Crippen LogP contribution in [0.2, 0.25) is 0 Å². The second kappa shape index (κ2) is 6.17. The van der Waals surface area contributed by atoms with Crippen molar-refractivity contribution in [3.05, 3.63) is 0 Å². The van der Waals surface area contributed by atoms with Crippen molar-refractivity contribution in [2.24, 2.45) is 11.7 Å². The summed E-state index contributed by atoms with van der Waals surface area (Å²) in [5.41, 5.74) is 6.03. The molecule has 17 heavy (non-hydrogen) atoms. The van der Waals surface area contributed by atoms with E-state index in [-0.39, 0.29) is 0 Å². The van der Waals surface area contributed by atoms with E-state index in [0.717, 1.165) is 12.0 Å². The van der Waals surface area contributed by atoms with Gasteiger partial charge in [0.05, 0.1) is 0 Å². The van der Waals surface area contributed by atoms with Crippen LogP contribution >= 0.6 is 0 Å². The van der Waals surface area contributed by atoms with Crippen molar-refractivity contribution in [1.29, 1.82) is 0 Å². The summed E-state index contributed by atoms with van der Waals surface area (Å²) in [5.74, 6) is 0.737. The van der Waals surface area contributed by atoms with Crippen LogP contribution in [0.4, 0.5) is 0 Å². The summed E-state index contributed by atoms with van der Waals surface area (Å²) in [6.45, 7) is 10.8. The third-order valence-electron chi connectivity index (χ3n) is 4.75. The molecule has 0 saturated carbocycles. The van der Waals surface area contributed by atoms with Gasteiger partial charge in [0.25, 0.3) is 0 Å². The largest absolute Gasteiger partial charge is 0.328 e. The minimum Gasteiger partial charge on any atom is -0.328 e. The Morgan fingerprint density at radius 2 is 2.00 bits per heavy atom. The van der Waals surface area contributed by atoms with Gasteiger partial charge in [0.2, 0.25) is 0 Å². The highest BCUT2D eigenvalue weighted by atomic mass is 15.2. The maximum atomic E-state index is 6.03. The van der Waals surface area contributed by atoms with Crippen molar-refractivity contribution in [2.75, 3.05) is 32.7 Å². The fourth-order valence-electron chi connectivity index (χ4n) is 3.40. The van der Waals surface area contributed by atoms with Gasteiger partial charge >= 0.3 is 0 Å². The van der Waals surface area contributed by atoms with Crippen LogP contribution in [0, 0.1) is 5.92 Å². The van der Waals surface area contributed by atoms with Crippen molar-refractivity contribution in [3.63, 3.8) is 0 Å². The highest BCUT2D eigenvalue weighted by Gasteiger charge is 2.30. The molecule has 0 amide bonds. The van der Waals surface area contributed by atoms with Crippen molar-refractivity contribution >= 4 is 0 Å². The zero-order valence-electron chi connectivity index (χ0n) is 11.6. The lowest BCUT2D eigenvalue weighted by molar-refractivity contribution is 0.206. The molecular weight excluding hydrogens is 210 g/mol. The molecule has 2 heterocycles. The first-order valence-corrected chi connectivity index (χ1v) is 7.42. The predicted molar refractivity (Wildman–Crippen MR) is 73.1 cm³/mol. The average Bonchev–Trinajstić information content (AvgIpc) is 2.68. The Kier molecular flexibility index (Phi) is 4.83. The molecule has 2 aliphatic rings. The lowest BCUT2D eigenvalue weighted by atomic mass is 10.0. The Labute approximate surface area is 106 Å². The molecule has 0 radical (unpaired) electrons. The molecule has 3 unspecified atom stereocenters. The molecule has 2 aliphatic heterocycles. The van der Waals surface area contributed by atoms with Crippen LogP contribution < -0.4 is 5.73 Å². The fourth-order valence-corrected chi connectivity index (χ4v) is 3.40. The molecule has 3 atom stereocenters. The van der Waals surface area contributed by atoms with Gasteiger partial charge in [-0.25, -0.2) is 0 Å². The van der Waals surface area contributed by atoms with Crippen molar-refractivity contribution < 1.29 is 0 Å². The Hall–Kier alpha value is -0.120. The van der Waals surface area contributed by atoms with Gasteiger partial charge in [0, 0.05) is 18.6 Å². The van der Waals surface area contributed by atoms with E-state index in [0.29, 0.717) is 6.04 Å². The van der Waals surface area contributed by atoms with Crippen LogP contribution in [0.25, 0.3) is 0 Å². The minimum atomic E-state index is 0.373. The topological polar surface area (TPSA) is 32.5 Å². The zero-order valence-corrected chi connectivity index (χ0v) is 11.6. The highest BCUT2D eigenvalue weighted by molar-refractivity contribution is 4.86. The molecule has 2 rings (SSSR count). The third kappa shape index (κ3) is 3.43. The van der Waals surface area contributed by atoms with Crippen LogP contribution in [-0.2, 0) is 0 Å². The van der Waals surface area contributed by atoms with Crippen LogP contribution in [0.5, 0.6) is 0 Å². The lowest BCUT2D eigenvalue weighted by Crippen LogP contribution is -2.36. The predicted octanol–water partition coefficient (Wildman–Crippen LogP) is 1.53. The Balaban J connectivity index is 1.82. The maximum Gasteiger partial charge on any atom is 0.0108 e. The average molecular weight is 239 g/mol. The van der Waals surface area contributed by atoms with E-state index in [4.69, 9.17) is 5.73 Å². The quantitative estimate of drug-likeness (QED) is 0.811. The first-order chi connectivity index (χ1) is 8.20. The Bertz CT molecular complexity index is 230. The van der Waals surface area contributed by atoms with Gasteiger partial charge in [0.1, 0.15) is 0 Å². The first-order valence-electron chi connectivity index (χ1n) is 7.42. The van der Waals surface area contributed by atoms with Gasteiger partial charge in [-0.2, -0.15) is 0 Å². The molecule has 3 nitrogen and oxygen atoms in total. The molecule has 2 saturated heterocycles. The van der Waals surface area contributed by atoms with Crippen LogP contribution in [0.3, 0.4) is 0 Å². The Morgan fingerprint density at radius 3 is 2.65 bits per heavy atom. The van der Waals surface area contributed by atoms with Crippen molar-refractivity contribution in [3.8, 4) is 0 Å². The normalized spacial score (nSPS) is 34.8. The van der Waals surface area contributed by atoms with Crippen LogP contribution in [0.1, 0.15) is 39.5 Å². The molecule has 2 N–H and O–H groups in total. The number of hydrogen-bond acceptors (Lipinski definition) is 3. The SMILES string of the molecule is CCN1CCCC(N2CCC(C(C)N)C2)CC1. The molecule has 3 heteroatoms. The number of nitrogens with zero attached hydrogens (tertiary/aromatic N) is 2. The fraction of sp³-hybridized carbons (Fsp3) is 1.00. The number of nitrogens with two attached hydrogens (primary N) is 1. The summed E-state index contributed by atoms with van der Waals surface area (Å²) in [6.07, 6.45) is 5.44. The third-order valence-corrected chi connectivity index (χ3v) is 4.75. The monoisotopic (exact) mass is 239 g/mol. The minimum absolute atomic E-state index is 0.373. The molecule has 0 spiro atoms. The molecule has 0 bridgehead atoms. The number of likely N-dealkylation sites (tertiary alicyclic amines) is 2. The summed E-state index contributed by atoms with van der Waals surface area (Å²) in [6, 6.07) is 1.20. The number of rotatable bonds is 3. The van der Waals surface area contributed by atoms with Crippen LogP contribution in [0.15, 0.2) is 0 Å². The second-order valence-corrected chi connectivity index (χ2v) is 5.92. The molecule has 0 aromatic rings. The zero-order chi connectivity index (χ0) is 12.3. The van der Waals surface area contributed by atoms with Crippen molar-refractivity contribution in [1.82, 2.24) is 9.80 Å². The molecule has 0 aliphatic carbocycles. The van der Waals surface area contributed by atoms with Crippen molar-refractivity contribution in [2.45, 2.75) is 51.6 Å². The summed E-state index contributed by atoms with van der Waals surface area (Å²) < 4.78 is 0. The highest BCUT2D eigenvalue weighted by Crippen LogP contribution is 2.25. The van der Waals surface area contributed by atoms with E-state index in [1.807, 2.05) is 0 Å². The molecular formula is C14H29N3. The van der Waals surface area contributed by atoms with Gasteiger partial charge in [-0.15, -0.1) is 0 Å². The lowest BCUT2D eigenvalue weighted by Gasteiger charge is -2.27. The van der Waals surface area contributed by atoms with E-state index in [1.165, 1.54) is 58.4 Å². The summed E-state index contributed by atoms with van der Waals surface area (Å²) >= 11 is 0. The molecule has 100 valence electrons. The van der Waals surface area contributed by atoms with Gasteiger partial charge in [-0.3, -0.25) is 4.90 Å². The molecule has 0 aromatic heterocycles. The van der Waals surface area contributed by atoms with E-state index < -0.39 is 0 Å². The van der Waals surface area contributed by atoms with Gasteiger partial charge in [-0.05, 0) is 64.7 Å². The van der Waals surface area contributed by atoms with E-state index >= 15 is 0 Å². The molecule has 2 fully saturated rings. The van der Waals surface area contributed by atoms with E-state index in [2.05, 4.69) is 23.6 Å². The van der Waals surface area contributed by atoms with E-state index in [1.54, 1.807) is 0 Å². The van der Waals surface area contributed by atoms with Gasteiger partial charge in [-0.1, -0.05) is 6.92 Å². The smallest absolute Gasteiger partial charge is 0.0108 e. The molecule has 0 aromatic carbocycles. The second-order valence-electron chi connectivity index (χ2n) is 5.92. The number of hydrogen-bond donors (Lipinski definition) is 1. The summed E-state index contributed by atoms with van der Waals surface area (Å²) in [4.78, 5) is 5.31. The summed E-state index contributed by atoms with van der Waals surface area (Å²) in [7, 11) is 0. The van der Waals surface area contributed by atoms with Gasteiger partial charge < -0.3 is 10.6 Å². The standard InChI is InChI=1S/C14H29N3/c1-3-16-8-4-5-14(7-9-16)17-10-6-13(11-17)12(2)15/h12-14H,3-11,15H2,1-2H3. The van der Waals surface area contributed by atoms with Crippen LogP contribution in [-0.4, -0.2) is 54.6 Å². The Morgan fingerprint density at radius 1 is 1.18 bits per heavy atom. The van der Waals surface area contributed by atoms with Gasteiger partial charge in [0.15, 0.2) is 0 Å².